The lowest BCUT2D eigenvalue weighted by molar-refractivity contribution is 0.0954. The van der Waals surface area contributed by atoms with Crippen LogP contribution in [0.25, 0.3) is 0 Å². The highest BCUT2D eigenvalue weighted by molar-refractivity contribution is 7.99. The average molecular weight is 316 g/mol. The lowest BCUT2D eigenvalue weighted by Gasteiger charge is -2.17. The molecule has 0 unspecified atom stereocenters. The van der Waals surface area contributed by atoms with E-state index in [9.17, 15) is 14.3 Å². The Morgan fingerprint density at radius 2 is 2.14 bits per heavy atom. The van der Waals surface area contributed by atoms with Crippen molar-refractivity contribution in [2.75, 3.05) is 5.75 Å². The molecule has 0 saturated carbocycles. The minimum absolute atomic E-state index is 0.0155. The molecule has 1 aliphatic heterocycles. The molecule has 0 aromatic heterocycles. The fourth-order valence-electron chi connectivity index (χ4n) is 2.19. The van der Waals surface area contributed by atoms with Gasteiger partial charge in [-0.2, -0.15) is 5.10 Å². The first-order valence-corrected chi connectivity index (χ1v) is 7.71. The number of hydrazone groups is 1. The summed E-state index contributed by atoms with van der Waals surface area (Å²) in [5, 5.41) is 13.5. The van der Waals surface area contributed by atoms with Gasteiger partial charge in [-0.3, -0.25) is 4.79 Å². The lowest BCUT2D eigenvalue weighted by Crippen LogP contribution is -2.21. The zero-order valence-corrected chi connectivity index (χ0v) is 12.4. The lowest BCUT2D eigenvalue weighted by atomic mass is 10.1. The molecule has 0 atom stereocenters. The van der Waals surface area contributed by atoms with Crippen molar-refractivity contribution in [1.29, 1.82) is 0 Å². The van der Waals surface area contributed by atoms with Gasteiger partial charge in [0.25, 0.3) is 5.91 Å². The number of nitrogens with zero attached hydrogens (tertiary/aromatic N) is 1. The Balaban J connectivity index is 1.82. The van der Waals surface area contributed by atoms with Crippen LogP contribution in [0.2, 0.25) is 0 Å². The molecule has 0 radical (unpaired) electrons. The summed E-state index contributed by atoms with van der Waals surface area (Å²) in [6.07, 6.45) is 0.654. The smallest absolute Gasteiger partial charge is 0.271 e. The third kappa shape index (κ3) is 3.12. The van der Waals surface area contributed by atoms with Crippen molar-refractivity contribution >= 4 is 23.4 Å². The summed E-state index contributed by atoms with van der Waals surface area (Å²) in [5.41, 5.74) is 4.15. The summed E-state index contributed by atoms with van der Waals surface area (Å²) < 4.78 is 13.4. The van der Waals surface area contributed by atoms with Gasteiger partial charge in [0.1, 0.15) is 11.6 Å². The highest BCUT2D eigenvalue weighted by Gasteiger charge is 2.17. The van der Waals surface area contributed by atoms with E-state index in [1.54, 1.807) is 30.0 Å². The molecule has 0 spiro atoms. The molecule has 3 rings (SSSR count). The summed E-state index contributed by atoms with van der Waals surface area (Å²) in [4.78, 5) is 13.0. The molecular weight excluding hydrogens is 303 g/mol. The standard InChI is InChI=1S/C16H13FN2O2S/c17-11-4-5-15-13(9-11)14(6-7-22-15)18-19-16(21)10-2-1-3-12(20)8-10/h1-5,8-9,20H,6-7H2,(H,19,21)/b18-14+. The summed E-state index contributed by atoms with van der Waals surface area (Å²) in [6, 6.07) is 10.6. The van der Waals surface area contributed by atoms with Crippen molar-refractivity contribution < 1.29 is 14.3 Å². The largest absolute Gasteiger partial charge is 0.508 e. The van der Waals surface area contributed by atoms with E-state index in [0.717, 1.165) is 10.6 Å². The molecule has 112 valence electrons. The molecule has 4 nitrogen and oxygen atoms in total. The number of aromatic hydroxyl groups is 1. The second-order valence-corrected chi connectivity index (χ2v) is 5.93. The van der Waals surface area contributed by atoms with Crippen molar-refractivity contribution in [2.45, 2.75) is 11.3 Å². The molecule has 6 heteroatoms. The van der Waals surface area contributed by atoms with E-state index < -0.39 is 5.91 Å². The van der Waals surface area contributed by atoms with Crippen LogP contribution in [-0.2, 0) is 0 Å². The van der Waals surface area contributed by atoms with Crippen molar-refractivity contribution in [2.24, 2.45) is 5.10 Å². The number of hydrogen-bond acceptors (Lipinski definition) is 4. The van der Waals surface area contributed by atoms with Crippen LogP contribution in [0.15, 0.2) is 52.5 Å². The molecule has 2 N–H and O–H groups in total. The number of phenols is 1. The molecule has 0 aliphatic carbocycles. The number of amides is 1. The first-order chi connectivity index (χ1) is 10.6. The predicted octanol–water partition coefficient (Wildman–Crippen LogP) is 3.16. The highest BCUT2D eigenvalue weighted by atomic mass is 32.2. The van der Waals surface area contributed by atoms with Gasteiger partial charge in [-0.15, -0.1) is 11.8 Å². The Bertz CT molecular complexity index is 762. The molecule has 1 aliphatic rings. The van der Waals surface area contributed by atoms with E-state index in [-0.39, 0.29) is 11.6 Å². The zero-order valence-electron chi connectivity index (χ0n) is 11.5. The first kappa shape index (κ1) is 14.6. The van der Waals surface area contributed by atoms with Gasteiger partial charge in [-0.1, -0.05) is 6.07 Å². The Kier molecular flexibility index (Phi) is 4.11. The molecule has 0 fully saturated rings. The Morgan fingerprint density at radius 1 is 1.27 bits per heavy atom. The number of phenolic OH excluding ortho intramolecular Hbond substituents is 1. The highest BCUT2D eigenvalue weighted by Crippen LogP contribution is 2.30. The van der Waals surface area contributed by atoms with Crippen LogP contribution in [-0.4, -0.2) is 22.5 Å². The van der Waals surface area contributed by atoms with E-state index in [1.807, 2.05) is 0 Å². The zero-order chi connectivity index (χ0) is 15.5. The van der Waals surface area contributed by atoms with Crippen LogP contribution in [0, 0.1) is 5.82 Å². The van der Waals surface area contributed by atoms with E-state index >= 15 is 0 Å². The molecular formula is C16H13FN2O2S. The third-order valence-electron chi connectivity index (χ3n) is 3.25. The first-order valence-electron chi connectivity index (χ1n) is 6.72. The molecule has 1 heterocycles. The number of hydrogen-bond donors (Lipinski definition) is 2. The number of carbonyl (C=O) groups excluding carboxylic acids is 1. The maximum Gasteiger partial charge on any atom is 0.271 e. The predicted molar refractivity (Wildman–Crippen MR) is 83.9 cm³/mol. The fourth-order valence-corrected chi connectivity index (χ4v) is 3.20. The second-order valence-electron chi connectivity index (χ2n) is 4.79. The maximum atomic E-state index is 13.4. The van der Waals surface area contributed by atoms with Crippen LogP contribution >= 0.6 is 11.8 Å². The van der Waals surface area contributed by atoms with Crippen molar-refractivity contribution in [3.8, 4) is 5.75 Å². The van der Waals surface area contributed by atoms with Crippen molar-refractivity contribution in [3.63, 3.8) is 0 Å². The van der Waals surface area contributed by atoms with Crippen LogP contribution in [0.5, 0.6) is 5.75 Å². The molecule has 0 bridgehead atoms. The van der Waals surface area contributed by atoms with Gasteiger partial charge in [-0.25, -0.2) is 9.82 Å². The molecule has 22 heavy (non-hydrogen) atoms. The van der Waals surface area contributed by atoms with Gasteiger partial charge in [0, 0.05) is 28.2 Å². The topological polar surface area (TPSA) is 61.7 Å². The Hall–Kier alpha value is -2.34. The molecule has 2 aromatic carbocycles. The van der Waals surface area contributed by atoms with Crippen molar-refractivity contribution in [3.05, 3.63) is 59.4 Å². The van der Waals surface area contributed by atoms with E-state index in [1.165, 1.54) is 24.3 Å². The maximum absolute atomic E-state index is 13.4. The quantitative estimate of drug-likeness (QED) is 0.837. The van der Waals surface area contributed by atoms with Gasteiger partial charge in [0.15, 0.2) is 0 Å². The molecule has 0 saturated heterocycles. The van der Waals surface area contributed by atoms with Crippen LogP contribution in [0.1, 0.15) is 22.3 Å². The Morgan fingerprint density at radius 3 is 2.95 bits per heavy atom. The molecule has 1 amide bonds. The number of thioether (sulfide) groups is 1. The second kappa shape index (κ2) is 6.19. The normalized spacial score (nSPS) is 15.4. The SMILES string of the molecule is O=C(N/N=C1\CCSc2ccc(F)cc21)c1cccc(O)c1. The number of carbonyl (C=O) groups is 1. The van der Waals surface area contributed by atoms with Gasteiger partial charge in [-0.05, 0) is 36.4 Å². The van der Waals surface area contributed by atoms with E-state index in [0.29, 0.717) is 23.3 Å². The van der Waals surface area contributed by atoms with E-state index in [4.69, 9.17) is 0 Å². The summed E-state index contributed by atoms with van der Waals surface area (Å²) in [6.45, 7) is 0. The Labute approximate surface area is 131 Å². The fraction of sp³-hybridized carbons (Fsp3) is 0.125. The average Bonchev–Trinajstić information content (AvgIpc) is 2.52. The number of halogens is 1. The van der Waals surface area contributed by atoms with Crippen LogP contribution < -0.4 is 5.43 Å². The van der Waals surface area contributed by atoms with Gasteiger partial charge >= 0.3 is 0 Å². The van der Waals surface area contributed by atoms with Crippen LogP contribution in [0.3, 0.4) is 0 Å². The number of fused-ring (bicyclic) bond motifs is 1. The van der Waals surface area contributed by atoms with Gasteiger partial charge < -0.3 is 5.11 Å². The number of nitrogens with one attached hydrogen (secondary N) is 1. The minimum atomic E-state index is -0.417. The van der Waals surface area contributed by atoms with E-state index in [2.05, 4.69) is 10.5 Å². The third-order valence-corrected chi connectivity index (χ3v) is 4.32. The summed E-state index contributed by atoms with van der Waals surface area (Å²) in [5.74, 6) is 0.106. The van der Waals surface area contributed by atoms with Gasteiger partial charge in [0.05, 0.1) is 5.71 Å². The number of rotatable bonds is 2. The van der Waals surface area contributed by atoms with Crippen molar-refractivity contribution in [1.82, 2.24) is 5.43 Å². The van der Waals surface area contributed by atoms with Crippen LogP contribution in [0.4, 0.5) is 4.39 Å². The monoisotopic (exact) mass is 316 g/mol. The summed E-state index contributed by atoms with van der Waals surface area (Å²) in [7, 11) is 0. The van der Waals surface area contributed by atoms with Gasteiger partial charge in [0.2, 0.25) is 0 Å². The number of benzene rings is 2. The minimum Gasteiger partial charge on any atom is -0.508 e. The molecule has 2 aromatic rings. The summed E-state index contributed by atoms with van der Waals surface area (Å²) >= 11 is 1.64.